The molecule has 1 heterocycles. The van der Waals surface area contributed by atoms with Crippen molar-refractivity contribution in [3.63, 3.8) is 0 Å². The summed E-state index contributed by atoms with van der Waals surface area (Å²) in [5.74, 6) is 0.210. The van der Waals surface area contributed by atoms with E-state index in [1.165, 1.54) is 11.6 Å². The number of phenolic OH excluding ortho intramolecular Hbond substituents is 1. The van der Waals surface area contributed by atoms with Gasteiger partial charge in [-0.15, -0.1) is 0 Å². The highest BCUT2D eigenvalue weighted by molar-refractivity contribution is 5.87. The van der Waals surface area contributed by atoms with E-state index in [1.54, 1.807) is 12.1 Å². The van der Waals surface area contributed by atoms with Crippen LogP contribution in [-0.2, 0) is 22.4 Å². The highest BCUT2D eigenvalue weighted by Gasteiger charge is 2.19. The number of fused-ring (bicyclic) bond motifs is 1. The zero-order valence-corrected chi connectivity index (χ0v) is 22.2. The molecule has 3 rings (SSSR count). The van der Waals surface area contributed by atoms with Crippen LogP contribution < -0.4 is 10.9 Å². The van der Waals surface area contributed by atoms with E-state index in [2.05, 4.69) is 36.3 Å². The molecule has 37 heavy (non-hydrogen) atoms. The summed E-state index contributed by atoms with van der Waals surface area (Å²) in [6.07, 6.45) is 5.19. The fourth-order valence-corrected chi connectivity index (χ4v) is 4.55. The Morgan fingerprint density at radius 2 is 1.86 bits per heavy atom. The Morgan fingerprint density at radius 1 is 1.05 bits per heavy atom. The van der Waals surface area contributed by atoms with Crippen LogP contribution in [0.3, 0.4) is 0 Å². The summed E-state index contributed by atoms with van der Waals surface area (Å²) in [6.45, 7) is 7.43. The Balaban J connectivity index is 1.45. The summed E-state index contributed by atoms with van der Waals surface area (Å²) in [4.78, 5) is 29.4. The van der Waals surface area contributed by atoms with E-state index >= 15 is 0 Å². The quantitative estimate of drug-likeness (QED) is 0.250. The lowest BCUT2D eigenvalue weighted by molar-refractivity contribution is -0.134. The maximum absolute atomic E-state index is 13.0. The number of hydrogen-bond acceptors (Lipinski definition) is 5. The topological polar surface area (TPSA) is 94.7 Å². The van der Waals surface area contributed by atoms with Gasteiger partial charge in [-0.1, -0.05) is 56.2 Å². The molecule has 0 spiro atoms. The number of phenols is 1. The molecule has 0 aliphatic carbocycles. The van der Waals surface area contributed by atoms with Crippen molar-refractivity contribution in [3.05, 3.63) is 76.1 Å². The number of carbonyl (C=O) groups is 1. The Kier molecular flexibility index (Phi) is 11.7. The monoisotopic (exact) mass is 507 g/mol. The number of aromatic hydroxyl groups is 1. The highest BCUT2D eigenvalue weighted by atomic mass is 16.5. The molecule has 7 heteroatoms. The fraction of sp³-hybridized carbons (Fsp3) is 0.467. The van der Waals surface area contributed by atoms with Gasteiger partial charge in [-0.05, 0) is 56.0 Å². The Bertz CT molecular complexity index is 1160. The molecule has 0 radical (unpaired) electrons. The van der Waals surface area contributed by atoms with E-state index in [4.69, 9.17) is 4.74 Å². The first-order chi connectivity index (χ1) is 18.0. The highest BCUT2D eigenvalue weighted by Crippen LogP contribution is 2.24. The van der Waals surface area contributed by atoms with Gasteiger partial charge in [0.2, 0.25) is 11.5 Å². The second-order valence-corrected chi connectivity index (χ2v) is 9.53. The number of pyridine rings is 1. The van der Waals surface area contributed by atoms with Gasteiger partial charge < -0.3 is 25.0 Å². The van der Waals surface area contributed by atoms with E-state index in [0.717, 1.165) is 49.6 Å². The molecule has 0 aliphatic heterocycles. The van der Waals surface area contributed by atoms with Gasteiger partial charge >= 0.3 is 0 Å². The van der Waals surface area contributed by atoms with Crippen LogP contribution in [0.2, 0.25) is 0 Å². The summed E-state index contributed by atoms with van der Waals surface area (Å²) >= 11 is 0. The molecular formula is C30H41N3O4. The number of hydrogen-bond donors (Lipinski definition) is 3. The lowest BCUT2D eigenvalue weighted by Crippen LogP contribution is -2.43. The molecule has 0 saturated carbocycles. The van der Waals surface area contributed by atoms with Crippen molar-refractivity contribution in [1.82, 2.24) is 15.2 Å². The summed E-state index contributed by atoms with van der Waals surface area (Å²) in [5, 5.41) is 14.4. The van der Waals surface area contributed by atoms with Crippen molar-refractivity contribution in [2.75, 3.05) is 32.8 Å². The summed E-state index contributed by atoms with van der Waals surface area (Å²) in [6, 6.07) is 17.2. The number of carbonyl (C=O) groups excluding carboxylic acids is 1. The van der Waals surface area contributed by atoms with E-state index in [9.17, 15) is 14.7 Å². The third-order valence-electron chi connectivity index (χ3n) is 6.73. The normalized spacial score (nSPS) is 12.1. The number of rotatable bonds is 16. The number of nitrogens with one attached hydrogen (secondary N) is 2. The zero-order valence-electron chi connectivity index (χ0n) is 22.2. The fourth-order valence-electron chi connectivity index (χ4n) is 4.55. The van der Waals surface area contributed by atoms with Crippen LogP contribution in [0.5, 0.6) is 5.75 Å². The number of aromatic nitrogens is 1. The minimum atomic E-state index is -0.235. The SMILES string of the molecule is CCCC[C@@H](C)N(CCNCCc1ccc(O)c2[nH]c(=O)ccc12)C(=O)CCOCCc1ccccc1. The first kappa shape index (κ1) is 28.4. The van der Waals surface area contributed by atoms with E-state index in [1.807, 2.05) is 29.2 Å². The van der Waals surface area contributed by atoms with Crippen LogP contribution in [-0.4, -0.2) is 59.8 Å². The molecule has 3 N–H and O–H groups in total. The van der Waals surface area contributed by atoms with Crippen LogP contribution in [0.1, 0.15) is 50.7 Å². The van der Waals surface area contributed by atoms with E-state index < -0.39 is 0 Å². The third kappa shape index (κ3) is 9.02. The standard InChI is InChI=1S/C30H41N3O4/c1-3-4-8-23(2)33(29(36)17-22-37-21-16-24-9-6-5-7-10-24)20-19-31-18-15-25-11-13-27(34)30-26(25)12-14-28(35)32-30/h5-7,9-14,23,31,34H,3-4,8,15-22H2,1-2H3,(H,32,35)/t23-/m1/s1. The molecule has 200 valence electrons. The van der Waals surface area contributed by atoms with Gasteiger partial charge in [0.15, 0.2) is 0 Å². The molecule has 0 bridgehead atoms. The molecule has 0 saturated heterocycles. The van der Waals surface area contributed by atoms with Crippen molar-refractivity contribution < 1.29 is 14.6 Å². The maximum atomic E-state index is 13.0. The Morgan fingerprint density at radius 3 is 2.65 bits per heavy atom. The summed E-state index contributed by atoms with van der Waals surface area (Å²) < 4.78 is 5.76. The predicted octanol–water partition coefficient (Wildman–Crippen LogP) is 4.42. The number of nitrogens with zero attached hydrogens (tertiary/aromatic N) is 1. The van der Waals surface area contributed by atoms with Crippen LogP contribution in [0, 0.1) is 0 Å². The number of ether oxygens (including phenoxy) is 1. The molecule has 2 aromatic carbocycles. The molecular weight excluding hydrogens is 466 g/mol. The smallest absolute Gasteiger partial charge is 0.248 e. The van der Waals surface area contributed by atoms with Gasteiger partial charge in [-0.25, -0.2) is 0 Å². The van der Waals surface area contributed by atoms with Crippen molar-refractivity contribution >= 4 is 16.8 Å². The molecule has 0 fully saturated rings. The first-order valence-corrected chi connectivity index (χ1v) is 13.4. The van der Waals surface area contributed by atoms with Gasteiger partial charge in [0.05, 0.1) is 25.2 Å². The molecule has 1 atom stereocenters. The number of H-pyrrole nitrogens is 1. The van der Waals surface area contributed by atoms with Gasteiger partial charge in [0.25, 0.3) is 0 Å². The van der Waals surface area contributed by atoms with Gasteiger partial charge in [-0.2, -0.15) is 0 Å². The minimum absolute atomic E-state index is 0.0728. The predicted molar refractivity (Wildman–Crippen MR) is 149 cm³/mol. The zero-order chi connectivity index (χ0) is 26.5. The first-order valence-electron chi connectivity index (χ1n) is 13.4. The molecule has 3 aromatic rings. The second-order valence-electron chi connectivity index (χ2n) is 9.53. The van der Waals surface area contributed by atoms with Crippen LogP contribution in [0.4, 0.5) is 0 Å². The average molecular weight is 508 g/mol. The molecule has 0 aliphatic rings. The van der Waals surface area contributed by atoms with Crippen LogP contribution >= 0.6 is 0 Å². The molecule has 1 amide bonds. The number of amides is 1. The maximum Gasteiger partial charge on any atom is 0.248 e. The third-order valence-corrected chi connectivity index (χ3v) is 6.73. The summed E-state index contributed by atoms with van der Waals surface area (Å²) in [5.41, 5.74) is 2.52. The Hall–Kier alpha value is -3.16. The molecule has 1 aromatic heterocycles. The number of aromatic amines is 1. The lowest BCUT2D eigenvalue weighted by Gasteiger charge is -2.30. The van der Waals surface area contributed by atoms with E-state index in [0.29, 0.717) is 38.2 Å². The second kappa shape index (κ2) is 15.2. The van der Waals surface area contributed by atoms with Crippen molar-refractivity contribution in [2.45, 2.75) is 58.4 Å². The summed E-state index contributed by atoms with van der Waals surface area (Å²) in [7, 11) is 0. The van der Waals surface area contributed by atoms with Crippen molar-refractivity contribution in [2.24, 2.45) is 0 Å². The minimum Gasteiger partial charge on any atom is -0.506 e. The lowest BCUT2D eigenvalue weighted by atomic mass is 10.0. The number of benzene rings is 2. The van der Waals surface area contributed by atoms with E-state index in [-0.39, 0.29) is 23.3 Å². The largest absolute Gasteiger partial charge is 0.506 e. The number of unbranched alkanes of at least 4 members (excludes halogenated alkanes) is 1. The van der Waals surface area contributed by atoms with Gasteiger partial charge in [-0.3, -0.25) is 9.59 Å². The van der Waals surface area contributed by atoms with Crippen LogP contribution in [0.25, 0.3) is 10.9 Å². The van der Waals surface area contributed by atoms with Gasteiger partial charge in [0.1, 0.15) is 5.75 Å². The van der Waals surface area contributed by atoms with Crippen molar-refractivity contribution in [3.8, 4) is 5.75 Å². The van der Waals surface area contributed by atoms with Crippen LogP contribution in [0.15, 0.2) is 59.4 Å². The Labute approximate surface area is 219 Å². The van der Waals surface area contributed by atoms with Gasteiger partial charge in [0, 0.05) is 30.6 Å². The average Bonchev–Trinajstić information content (AvgIpc) is 2.91. The molecule has 7 nitrogen and oxygen atoms in total. The van der Waals surface area contributed by atoms with Crippen molar-refractivity contribution in [1.29, 1.82) is 0 Å². The molecule has 0 unspecified atom stereocenters.